The predicted octanol–water partition coefficient (Wildman–Crippen LogP) is 3.60. The summed E-state index contributed by atoms with van der Waals surface area (Å²) in [6, 6.07) is -0.530. The molecule has 2 saturated heterocycles. The summed E-state index contributed by atoms with van der Waals surface area (Å²) >= 11 is 1.69. The number of piperidine rings is 2. The predicted molar refractivity (Wildman–Crippen MR) is 120 cm³/mol. The van der Waals surface area contributed by atoms with E-state index in [0.29, 0.717) is 11.0 Å². The van der Waals surface area contributed by atoms with Gasteiger partial charge in [-0.3, -0.25) is 4.79 Å². The Bertz CT molecular complexity index is 534. The highest BCUT2D eigenvalue weighted by molar-refractivity contribution is 7.99. The number of nitrogens with zero attached hydrogens (tertiary/aromatic N) is 2. The van der Waals surface area contributed by atoms with Crippen molar-refractivity contribution in [1.29, 1.82) is 0 Å². The normalized spacial score (nSPS) is 21.3. The number of amides is 2. The van der Waals surface area contributed by atoms with Crippen LogP contribution in [-0.2, 0) is 9.53 Å². The second-order valence-electron chi connectivity index (χ2n) is 9.88. The zero-order valence-corrected chi connectivity index (χ0v) is 20.0. The third-order valence-electron chi connectivity index (χ3n) is 5.87. The van der Waals surface area contributed by atoms with Gasteiger partial charge in [-0.15, -0.1) is 0 Å². The maximum atomic E-state index is 13.2. The summed E-state index contributed by atoms with van der Waals surface area (Å²) in [4.78, 5) is 29.8. The molecule has 2 rings (SSSR count). The lowest BCUT2D eigenvalue weighted by Crippen LogP contribution is -2.53. The first-order chi connectivity index (χ1) is 13.5. The number of alkyl carbamates (subject to hydrolysis) is 1. The molecule has 29 heavy (non-hydrogen) atoms. The molecule has 7 heteroatoms. The molecule has 0 unspecified atom stereocenters. The van der Waals surface area contributed by atoms with Crippen molar-refractivity contribution in [3.05, 3.63) is 0 Å². The van der Waals surface area contributed by atoms with E-state index in [1.807, 2.05) is 25.7 Å². The molecule has 168 valence electrons. The van der Waals surface area contributed by atoms with Crippen LogP contribution in [0.2, 0.25) is 0 Å². The third kappa shape index (κ3) is 8.36. The number of likely N-dealkylation sites (tertiary alicyclic amines) is 2. The first-order valence-electron chi connectivity index (χ1n) is 11.1. The second kappa shape index (κ2) is 10.9. The van der Waals surface area contributed by atoms with Crippen molar-refractivity contribution >= 4 is 23.8 Å². The van der Waals surface area contributed by atoms with Gasteiger partial charge in [0.15, 0.2) is 0 Å². The number of thioether (sulfide) groups is 1. The molecule has 0 aromatic rings. The van der Waals surface area contributed by atoms with E-state index in [1.165, 1.54) is 25.9 Å². The van der Waals surface area contributed by atoms with Crippen molar-refractivity contribution in [2.24, 2.45) is 11.8 Å². The van der Waals surface area contributed by atoms with Crippen LogP contribution in [0.5, 0.6) is 0 Å². The number of carbonyl (C=O) groups excluding carboxylic acids is 2. The standard InChI is InChI=1S/C22H41N3O3S/c1-16(2)29-15-19(23-21(27)28-22(3,4)5)20(26)25-13-9-18(10-14-25)17-7-11-24(6)12-8-17/h16-19H,7-15H2,1-6H3,(H,23,27)/t19-/m1/s1. The molecule has 0 spiro atoms. The average molecular weight is 428 g/mol. The molecule has 0 saturated carbocycles. The van der Waals surface area contributed by atoms with Crippen molar-refractivity contribution in [1.82, 2.24) is 15.1 Å². The molecule has 0 bridgehead atoms. The van der Waals surface area contributed by atoms with Gasteiger partial charge in [0.05, 0.1) is 0 Å². The number of hydrogen-bond acceptors (Lipinski definition) is 5. The SMILES string of the molecule is CC(C)SC[C@@H](NC(=O)OC(C)(C)C)C(=O)N1CCC(C2CCN(C)CC2)CC1. The quantitative estimate of drug-likeness (QED) is 0.702. The van der Waals surface area contributed by atoms with Crippen molar-refractivity contribution in [3.8, 4) is 0 Å². The molecule has 0 aliphatic carbocycles. The van der Waals surface area contributed by atoms with E-state index in [-0.39, 0.29) is 5.91 Å². The maximum Gasteiger partial charge on any atom is 0.408 e. The monoisotopic (exact) mass is 427 g/mol. The number of hydrogen-bond donors (Lipinski definition) is 1. The summed E-state index contributed by atoms with van der Waals surface area (Å²) in [5.74, 6) is 2.14. The summed E-state index contributed by atoms with van der Waals surface area (Å²) in [6.07, 6.45) is 4.21. The van der Waals surface area contributed by atoms with E-state index in [9.17, 15) is 9.59 Å². The summed E-state index contributed by atoms with van der Waals surface area (Å²) in [5.41, 5.74) is -0.574. The Morgan fingerprint density at radius 3 is 2.03 bits per heavy atom. The highest BCUT2D eigenvalue weighted by Crippen LogP contribution is 2.32. The van der Waals surface area contributed by atoms with Crippen LogP contribution in [0, 0.1) is 11.8 Å². The Morgan fingerprint density at radius 2 is 1.55 bits per heavy atom. The minimum atomic E-state index is -0.574. The van der Waals surface area contributed by atoms with Crippen LogP contribution in [0.15, 0.2) is 0 Å². The van der Waals surface area contributed by atoms with Gasteiger partial charge >= 0.3 is 6.09 Å². The molecule has 2 fully saturated rings. The molecule has 1 atom stereocenters. The number of ether oxygens (including phenoxy) is 1. The van der Waals surface area contributed by atoms with Crippen LogP contribution >= 0.6 is 11.8 Å². The van der Waals surface area contributed by atoms with Gasteiger partial charge in [-0.1, -0.05) is 13.8 Å². The first kappa shape index (κ1) is 24.3. The number of nitrogens with one attached hydrogen (secondary N) is 1. The number of carbonyl (C=O) groups is 2. The van der Waals surface area contributed by atoms with E-state index in [0.717, 1.165) is 37.8 Å². The van der Waals surface area contributed by atoms with Crippen molar-refractivity contribution in [2.75, 3.05) is 39.0 Å². The zero-order valence-electron chi connectivity index (χ0n) is 19.2. The number of rotatable bonds is 6. The van der Waals surface area contributed by atoms with Gasteiger partial charge in [0.1, 0.15) is 11.6 Å². The molecule has 2 aliphatic heterocycles. The molecular weight excluding hydrogens is 386 g/mol. The largest absolute Gasteiger partial charge is 0.444 e. The fraction of sp³-hybridized carbons (Fsp3) is 0.909. The average Bonchev–Trinajstić information content (AvgIpc) is 2.64. The molecule has 6 nitrogen and oxygen atoms in total. The van der Waals surface area contributed by atoms with Crippen LogP contribution < -0.4 is 5.32 Å². The van der Waals surface area contributed by atoms with Crippen LogP contribution in [0.1, 0.15) is 60.3 Å². The van der Waals surface area contributed by atoms with E-state index < -0.39 is 17.7 Å². The van der Waals surface area contributed by atoms with E-state index in [4.69, 9.17) is 4.74 Å². The van der Waals surface area contributed by atoms with Gasteiger partial charge in [-0.05, 0) is 83.7 Å². The second-order valence-corrected chi connectivity index (χ2v) is 11.5. The van der Waals surface area contributed by atoms with Crippen LogP contribution in [0.3, 0.4) is 0 Å². The highest BCUT2D eigenvalue weighted by Gasteiger charge is 2.33. The van der Waals surface area contributed by atoms with Gasteiger partial charge in [-0.25, -0.2) is 4.79 Å². The van der Waals surface area contributed by atoms with Crippen LogP contribution in [0.4, 0.5) is 4.79 Å². The molecule has 2 aliphatic rings. The highest BCUT2D eigenvalue weighted by atomic mass is 32.2. The minimum absolute atomic E-state index is 0.0332. The summed E-state index contributed by atoms with van der Waals surface area (Å²) < 4.78 is 5.38. The van der Waals surface area contributed by atoms with Crippen LogP contribution in [0.25, 0.3) is 0 Å². The van der Waals surface area contributed by atoms with E-state index in [2.05, 4.69) is 31.1 Å². The molecule has 0 aromatic heterocycles. The Morgan fingerprint density at radius 1 is 1.03 bits per heavy atom. The van der Waals surface area contributed by atoms with Gasteiger partial charge in [-0.2, -0.15) is 11.8 Å². The molecule has 2 heterocycles. The summed E-state index contributed by atoms with van der Waals surface area (Å²) in [5, 5.41) is 3.23. The van der Waals surface area contributed by atoms with Crippen molar-refractivity contribution < 1.29 is 14.3 Å². The zero-order chi connectivity index (χ0) is 21.6. The third-order valence-corrected chi connectivity index (χ3v) is 7.06. The molecule has 0 aromatic carbocycles. The van der Waals surface area contributed by atoms with E-state index >= 15 is 0 Å². The topological polar surface area (TPSA) is 61.9 Å². The van der Waals surface area contributed by atoms with Gasteiger partial charge < -0.3 is 19.9 Å². The van der Waals surface area contributed by atoms with Crippen molar-refractivity contribution in [3.63, 3.8) is 0 Å². The molecular formula is C22H41N3O3S. The minimum Gasteiger partial charge on any atom is -0.444 e. The lowest BCUT2D eigenvalue weighted by atomic mass is 9.79. The van der Waals surface area contributed by atoms with Gasteiger partial charge in [0.25, 0.3) is 0 Å². The molecule has 1 N–H and O–H groups in total. The fourth-order valence-electron chi connectivity index (χ4n) is 4.22. The summed E-state index contributed by atoms with van der Waals surface area (Å²) in [7, 11) is 2.20. The Labute approximate surface area is 181 Å². The smallest absolute Gasteiger partial charge is 0.408 e. The Balaban J connectivity index is 1.90. The van der Waals surface area contributed by atoms with Gasteiger partial charge in [0, 0.05) is 18.8 Å². The summed E-state index contributed by atoms with van der Waals surface area (Å²) in [6.45, 7) is 13.7. The Kier molecular flexibility index (Phi) is 9.14. The lowest BCUT2D eigenvalue weighted by Gasteiger charge is -2.40. The fourth-order valence-corrected chi connectivity index (χ4v) is 5.03. The van der Waals surface area contributed by atoms with Gasteiger partial charge in [0.2, 0.25) is 5.91 Å². The molecule has 0 radical (unpaired) electrons. The van der Waals surface area contributed by atoms with Crippen molar-refractivity contribution in [2.45, 2.75) is 77.2 Å². The maximum absolute atomic E-state index is 13.2. The lowest BCUT2D eigenvalue weighted by molar-refractivity contribution is -0.134. The Hall–Kier alpha value is -0.950. The van der Waals surface area contributed by atoms with Crippen LogP contribution in [-0.4, -0.2) is 77.7 Å². The van der Waals surface area contributed by atoms with E-state index in [1.54, 1.807) is 11.8 Å². The molecule has 2 amide bonds. The first-order valence-corrected chi connectivity index (χ1v) is 12.2.